The summed E-state index contributed by atoms with van der Waals surface area (Å²) in [5.74, 6) is -2.52. The van der Waals surface area contributed by atoms with Gasteiger partial charge in [-0.15, -0.1) is 0 Å². The van der Waals surface area contributed by atoms with Crippen LogP contribution in [-0.4, -0.2) is 76.4 Å². The van der Waals surface area contributed by atoms with E-state index in [0.29, 0.717) is 25.8 Å². The first kappa shape index (κ1) is 29.9. The Morgan fingerprint density at radius 3 is 2.44 bits per heavy atom. The number of hydrogen-bond donors (Lipinski definition) is 2. The van der Waals surface area contributed by atoms with E-state index < -0.39 is 47.5 Å². The number of ether oxygens (including phenoxy) is 2. The molecule has 0 aliphatic carbocycles. The van der Waals surface area contributed by atoms with Crippen molar-refractivity contribution < 1.29 is 33.4 Å². The number of nitrogens with one attached hydrogen (secondary N) is 1. The van der Waals surface area contributed by atoms with E-state index in [1.165, 1.54) is 0 Å². The second kappa shape index (κ2) is 12.9. The van der Waals surface area contributed by atoms with Gasteiger partial charge >= 0.3 is 12.1 Å². The van der Waals surface area contributed by atoms with Gasteiger partial charge in [-0.1, -0.05) is 37.3 Å². The highest BCUT2D eigenvalue weighted by molar-refractivity contribution is 5.92. The van der Waals surface area contributed by atoms with Crippen molar-refractivity contribution in [1.29, 1.82) is 0 Å². The lowest BCUT2D eigenvalue weighted by Crippen LogP contribution is -2.56. The summed E-state index contributed by atoms with van der Waals surface area (Å²) in [5.41, 5.74) is 5.35. The average Bonchev–Trinajstić information content (AvgIpc) is 3.29. The topological polar surface area (TPSA) is 148 Å². The van der Waals surface area contributed by atoms with Gasteiger partial charge in [-0.3, -0.25) is 14.4 Å². The highest BCUT2D eigenvalue weighted by Gasteiger charge is 2.45. The molecule has 0 aromatic heterocycles. The summed E-state index contributed by atoms with van der Waals surface area (Å²) in [7, 11) is 0. The Labute approximate surface area is 229 Å². The van der Waals surface area contributed by atoms with E-state index in [1.54, 1.807) is 37.5 Å². The Morgan fingerprint density at radius 1 is 1.10 bits per heavy atom. The summed E-state index contributed by atoms with van der Waals surface area (Å²) in [5, 5.41) is 2.70. The Balaban J connectivity index is 1.65. The molecule has 0 spiro atoms. The summed E-state index contributed by atoms with van der Waals surface area (Å²) in [6, 6.07) is 7.30. The largest absolute Gasteiger partial charge is 0.458 e. The fourth-order valence-corrected chi connectivity index (χ4v) is 4.97. The molecule has 2 fully saturated rings. The van der Waals surface area contributed by atoms with Gasteiger partial charge in [0.2, 0.25) is 17.7 Å². The van der Waals surface area contributed by atoms with E-state index in [1.807, 2.05) is 30.3 Å². The van der Waals surface area contributed by atoms with Gasteiger partial charge < -0.3 is 30.3 Å². The van der Waals surface area contributed by atoms with E-state index in [9.17, 15) is 24.0 Å². The fourth-order valence-electron chi connectivity index (χ4n) is 4.97. The van der Waals surface area contributed by atoms with Crippen LogP contribution in [0.1, 0.15) is 65.4 Å². The summed E-state index contributed by atoms with van der Waals surface area (Å²) < 4.78 is 10.9. The van der Waals surface area contributed by atoms with Gasteiger partial charge in [0.25, 0.3) is 0 Å². The van der Waals surface area contributed by atoms with Crippen LogP contribution in [-0.2, 0) is 35.3 Å². The predicted octanol–water partition coefficient (Wildman–Crippen LogP) is 2.12. The number of amides is 4. The first-order valence-electron chi connectivity index (χ1n) is 13.4. The smallest absolute Gasteiger partial charge is 0.410 e. The molecule has 0 radical (unpaired) electrons. The van der Waals surface area contributed by atoms with Gasteiger partial charge in [0.15, 0.2) is 0 Å². The van der Waals surface area contributed by atoms with Crippen molar-refractivity contribution in [3.63, 3.8) is 0 Å². The zero-order valence-corrected chi connectivity index (χ0v) is 23.2. The van der Waals surface area contributed by atoms with Gasteiger partial charge in [0.05, 0.1) is 5.92 Å². The number of primary amides is 1. The molecule has 214 valence electrons. The third-order valence-corrected chi connectivity index (χ3v) is 6.86. The van der Waals surface area contributed by atoms with E-state index in [0.717, 1.165) is 5.56 Å². The number of rotatable bonds is 8. The van der Waals surface area contributed by atoms with Crippen LogP contribution in [0.2, 0.25) is 0 Å². The number of carbonyl (C=O) groups excluding carboxylic acids is 5. The molecule has 39 heavy (non-hydrogen) atoms. The van der Waals surface area contributed by atoms with Crippen LogP contribution in [0.5, 0.6) is 0 Å². The number of benzene rings is 1. The van der Waals surface area contributed by atoms with Crippen LogP contribution in [0.3, 0.4) is 0 Å². The zero-order valence-electron chi connectivity index (χ0n) is 23.2. The summed E-state index contributed by atoms with van der Waals surface area (Å²) in [6.45, 7) is 7.56. The minimum atomic E-state index is -1.07. The summed E-state index contributed by atoms with van der Waals surface area (Å²) in [6.07, 6.45) is 0.921. The second-order valence-corrected chi connectivity index (χ2v) is 11.3. The van der Waals surface area contributed by atoms with Crippen LogP contribution in [0.25, 0.3) is 0 Å². The number of carbonyl (C=O) groups is 5. The van der Waals surface area contributed by atoms with Crippen LogP contribution in [0.15, 0.2) is 30.3 Å². The first-order valence-corrected chi connectivity index (χ1v) is 13.4. The molecule has 11 heteroatoms. The second-order valence-electron chi connectivity index (χ2n) is 11.3. The Kier molecular flexibility index (Phi) is 9.93. The van der Waals surface area contributed by atoms with Crippen molar-refractivity contribution in [3.05, 3.63) is 35.9 Å². The van der Waals surface area contributed by atoms with Crippen LogP contribution in [0, 0.1) is 5.92 Å². The van der Waals surface area contributed by atoms with Crippen LogP contribution >= 0.6 is 0 Å². The first-order chi connectivity index (χ1) is 18.4. The lowest BCUT2D eigenvalue weighted by molar-refractivity contribution is -0.159. The lowest BCUT2D eigenvalue weighted by Gasteiger charge is -2.37. The molecule has 3 rings (SSSR count). The van der Waals surface area contributed by atoms with Gasteiger partial charge in [-0.05, 0) is 52.0 Å². The van der Waals surface area contributed by atoms with Crippen molar-refractivity contribution >= 4 is 29.8 Å². The van der Waals surface area contributed by atoms with Crippen molar-refractivity contribution in [2.45, 2.75) is 90.1 Å². The molecule has 2 aliphatic rings. The molecule has 3 N–H and O–H groups in total. The molecular weight excluding hydrogens is 504 g/mol. The Hall–Kier alpha value is -3.63. The SMILES string of the molecule is C[C@H]1CN(C(=O)OCc2ccccc2)CC[C@H]2CC[C@@H](C(=O)N[C@@H](CCC(N)=O)C(=O)OC(C)(C)C)N2C1=O. The molecule has 2 heterocycles. The highest BCUT2D eigenvalue weighted by atomic mass is 16.6. The number of esters is 1. The number of fused-ring (bicyclic) bond motifs is 1. The minimum Gasteiger partial charge on any atom is -0.458 e. The predicted molar refractivity (Wildman–Crippen MR) is 142 cm³/mol. The Morgan fingerprint density at radius 2 is 1.79 bits per heavy atom. The summed E-state index contributed by atoms with van der Waals surface area (Å²) in [4.78, 5) is 66.9. The van der Waals surface area contributed by atoms with Crippen molar-refractivity contribution in [2.75, 3.05) is 13.1 Å². The molecule has 2 saturated heterocycles. The quantitative estimate of drug-likeness (QED) is 0.476. The molecule has 4 amide bonds. The molecule has 4 atom stereocenters. The monoisotopic (exact) mass is 544 g/mol. The molecule has 1 aromatic carbocycles. The molecule has 2 aliphatic heterocycles. The molecule has 0 unspecified atom stereocenters. The number of nitrogens with zero attached hydrogens (tertiary/aromatic N) is 2. The third kappa shape index (κ3) is 8.43. The van der Waals surface area contributed by atoms with E-state index >= 15 is 0 Å². The van der Waals surface area contributed by atoms with Crippen LogP contribution in [0.4, 0.5) is 4.79 Å². The molecule has 0 bridgehead atoms. The van der Waals surface area contributed by atoms with Crippen molar-refractivity contribution in [3.8, 4) is 0 Å². The zero-order chi connectivity index (χ0) is 28.7. The number of nitrogens with two attached hydrogens (primary N) is 1. The third-order valence-electron chi connectivity index (χ3n) is 6.86. The highest BCUT2D eigenvalue weighted by Crippen LogP contribution is 2.31. The molecular formula is C28H40N4O7. The maximum atomic E-state index is 13.5. The molecule has 11 nitrogen and oxygen atoms in total. The average molecular weight is 545 g/mol. The summed E-state index contributed by atoms with van der Waals surface area (Å²) >= 11 is 0. The van der Waals surface area contributed by atoms with Crippen LogP contribution < -0.4 is 11.1 Å². The lowest BCUT2D eigenvalue weighted by atomic mass is 10.0. The maximum absolute atomic E-state index is 13.5. The Bertz CT molecular complexity index is 1060. The van der Waals surface area contributed by atoms with Gasteiger partial charge in [0, 0.05) is 25.6 Å². The number of hydrogen-bond acceptors (Lipinski definition) is 7. The van der Waals surface area contributed by atoms with E-state index in [-0.39, 0.29) is 37.9 Å². The van der Waals surface area contributed by atoms with E-state index in [4.69, 9.17) is 15.2 Å². The van der Waals surface area contributed by atoms with Gasteiger partial charge in [-0.2, -0.15) is 0 Å². The van der Waals surface area contributed by atoms with Gasteiger partial charge in [-0.25, -0.2) is 9.59 Å². The van der Waals surface area contributed by atoms with Gasteiger partial charge in [0.1, 0.15) is 24.3 Å². The van der Waals surface area contributed by atoms with Crippen molar-refractivity contribution in [1.82, 2.24) is 15.1 Å². The van der Waals surface area contributed by atoms with Crippen molar-refractivity contribution in [2.24, 2.45) is 11.7 Å². The maximum Gasteiger partial charge on any atom is 0.410 e. The minimum absolute atomic E-state index is 0.00344. The molecule has 0 saturated carbocycles. The molecule has 1 aromatic rings. The van der Waals surface area contributed by atoms with E-state index in [2.05, 4.69) is 5.32 Å². The standard InChI is InChI=1S/C28H40N4O7/c1-18-16-31(27(37)38-17-19-8-6-5-7-9-19)15-14-20-10-12-22(32(20)25(18)35)24(34)30-21(11-13-23(29)33)26(36)39-28(2,3)4/h5-9,18,20-22H,10-17H2,1-4H3,(H2,29,33)(H,30,34)/t18-,20+,21-,22-/m0/s1. The fraction of sp³-hybridized carbons (Fsp3) is 0.607. The normalized spacial score (nSPS) is 22.3.